The summed E-state index contributed by atoms with van der Waals surface area (Å²) < 4.78 is 5.62. The lowest BCUT2D eigenvalue weighted by Gasteiger charge is -2.07. The number of carbonyl (C=O) groups is 1. The quantitative estimate of drug-likeness (QED) is 0.924. The molecule has 20 heavy (non-hydrogen) atoms. The molecule has 0 saturated carbocycles. The third kappa shape index (κ3) is 3.36. The first-order valence-corrected chi connectivity index (χ1v) is 6.17. The molecule has 0 spiro atoms. The second-order valence-electron chi connectivity index (χ2n) is 4.21. The van der Waals surface area contributed by atoms with Gasteiger partial charge in [0, 0.05) is 12.6 Å². The van der Waals surface area contributed by atoms with Gasteiger partial charge in [-0.15, -0.1) is 0 Å². The van der Waals surface area contributed by atoms with Crippen molar-refractivity contribution in [2.45, 2.75) is 6.61 Å². The van der Waals surface area contributed by atoms with Crippen LogP contribution < -0.4 is 10.1 Å². The first-order valence-electron chi connectivity index (χ1n) is 6.17. The molecule has 0 unspecified atom stereocenters. The summed E-state index contributed by atoms with van der Waals surface area (Å²) in [5.41, 5.74) is 2.05. The van der Waals surface area contributed by atoms with E-state index < -0.39 is 0 Å². The van der Waals surface area contributed by atoms with Crippen molar-refractivity contribution in [3.63, 3.8) is 0 Å². The summed E-state index contributed by atoms with van der Waals surface area (Å²) in [6.07, 6.45) is 0. The highest BCUT2D eigenvalue weighted by Gasteiger charge is 2.04. The number of nitrogens with one attached hydrogen (secondary N) is 1. The Balaban J connectivity index is 2.07. The highest BCUT2D eigenvalue weighted by Crippen LogP contribution is 2.15. The van der Waals surface area contributed by atoms with Crippen LogP contribution in [0.3, 0.4) is 0 Å². The van der Waals surface area contributed by atoms with E-state index in [2.05, 4.69) is 11.4 Å². The van der Waals surface area contributed by atoms with Crippen molar-refractivity contribution in [1.29, 1.82) is 5.26 Å². The maximum absolute atomic E-state index is 11.5. The second kappa shape index (κ2) is 6.39. The van der Waals surface area contributed by atoms with Gasteiger partial charge in [0.25, 0.3) is 5.91 Å². The molecular weight excluding hydrogens is 252 g/mol. The van der Waals surface area contributed by atoms with E-state index in [9.17, 15) is 4.79 Å². The maximum atomic E-state index is 11.5. The molecule has 100 valence electrons. The second-order valence-corrected chi connectivity index (χ2v) is 4.21. The molecule has 0 atom stereocenters. The summed E-state index contributed by atoms with van der Waals surface area (Å²) in [5, 5.41) is 11.4. The van der Waals surface area contributed by atoms with Gasteiger partial charge in [0.1, 0.15) is 12.4 Å². The zero-order valence-electron chi connectivity index (χ0n) is 11.1. The summed E-state index contributed by atoms with van der Waals surface area (Å²) in [4.78, 5) is 11.5. The summed E-state index contributed by atoms with van der Waals surface area (Å²) in [6, 6.07) is 16.3. The van der Waals surface area contributed by atoms with Gasteiger partial charge in [0.05, 0.1) is 11.6 Å². The van der Waals surface area contributed by atoms with E-state index in [0.29, 0.717) is 23.5 Å². The number of benzene rings is 2. The molecule has 0 aromatic heterocycles. The number of hydrogen-bond acceptors (Lipinski definition) is 3. The number of ether oxygens (including phenoxy) is 1. The van der Waals surface area contributed by atoms with Crippen molar-refractivity contribution in [3.05, 3.63) is 65.2 Å². The van der Waals surface area contributed by atoms with Gasteiger partial charge >= 0.3 is 0 Å². The molecule has 0 aliphatic heterocycles. The number of carbonyl (C=O) groups excluding carboxylic acids is 1. The molecule has 0 radical (unpaired) electrons. The van der Waals surface area contributed by atoms with Gasteiger partial charge in [-0.05, 0) is 35.9 Å². The molecule has 1 amide bonds. The first kappa shape index (κ1) is 13.6. The van der Waals surface area contributed by atoms with Crippen molar-refractivity contribution in [3.8, 4) is 11.8 Å². The van der Waals surface area contributed by atoms with E-state index in [4.69, 9.17) is 10.00 Å². The van der Waals surface area contributed by atoms with E-state index in [0.717, 1.165) is 5.56 Å². The van der Waals surface area contributed by atoms with Crippen LogP contribution in [-0.4, -0.2) is 13.0 Å². The minimum absolute atomic E-state index is 0.127. The van der Waals surface area contributed by atoms with Crippen molar-refractivity contribution < 1.29 is 9.53 Å². The Morgan fingerprint density at radius 3 is 2.80 bits per heavy atom. The Kier molecular flexibility index (Phi) is 4.35. The van der Waals surface area contributed by atoms with Crippen LogP contribution in [0.5, 0.6) is 5.75 Å². The monoisotopic (exact) mass is 266 g/mol. The van der Waals surface area contributed by atoms with Crippen LogP contribution in [0, 0.1) is 11.3 Å². The minimum atomic E-state index is -0.127. The summed E-state index contributed by atoms with van der Waals surface area (Å²) in [7, 11) is 1.60. The SMILES string of the molecule is CNC(=O)c1cccc(COc2cccc(C#N)c2)c1. The molecule has 0 aliphatic rings. The first-order chi connectivity index (χ1) is 9.72. The molecule has 2 aromatic rings. The maximum Gasteiger partial charge on any atom is 0.251 e. The van der Waals surface area contributed by atoms with Crippen molar-refractivity contribution in [2.24, 2.45) is 0 Å². The fraction of sp³-hybridized carbons (Fsp3) is 0.125. The summed E-state index contributed by atoms with van der Waals surface area (Å²) >= 11 is 0. The predicted octanol–water partition coefficient (Wildman–Crippen LogP) is 2.50. The fourth-order valence-corrected chi connectivity index (χ4v) is 1.77. The van der Waals surface area contributed by atoms with Crippen LogP contribution in [0.15, 0.2) is 48.5 Å². The number of nitrogens with zero attached hydrogens (tertiary/aromatic N) is 1. The molecule has 2 rings (SSSR count). The number of nitriles is 1. The largest absolute Gasteiger partial charge is 0.489 e. The van der Waals surface area contributed by atoms with Gasteiger partial charge in [-0.3, -0.25) is 4.79 Å². The van der Waals surface area contributed by atoms with E-state index in [1.165, 1.54) is 0 Å². The molecule has 4 heteroatoms. The lowest BCUT2D eigenvalue weighted by molar-refractivity contribution is 0.0963. The van der Waals surface area contributed by atoms with Crippen LogP contribution in [0.2, 0.25) is 0 Å². The van der Waals surface area contributed by atoms with Gasteiger partial charge < -0.3 is 10.1 Å². The standard InChI is InChI=1S/C16H14N2O2/c1-18-16(19)14-6-2-5-13(8-14)11-20-15-7-3-4-12(9-15)10-17/h2-9H,11H2,1H3,(H,18,19). The third-order valence-corrected chi connectivity index (χ3v) is 2.78. The van der Waals surface area contributed by atoms with Crippen LogP contribution >= 0.6 is 0 Å². The van der Waals surface area contributed by atoms with Gasteiger partial charge in [-0.2, -0.15) is 5.26 Å². The smallest absolute Gasteiger partial charge is 0.251 e. The Labute approximate surface area is 117 Å². The molecule has 0 heterocycles. The topological polar surface area (TPSA) is 62.1 Å². The van der Waals surface area contributed by atoms with Crippen LogP contribution in [0.1, 0.15) is 21.5 Å². The van der Waals surface area contributed by atoms with Gasteiger partial charge in [0.2, 0.25) is 0 Å². The molecule has 1 N–H and O–H groups in total. The fourth-order valence-electron chi connectivity index (χ4n) is 1.77. The van der Waals surface area contributed by atoms with Crippen LogP contribution in [0.4, 0.5) is 0 Å². The molecular formula is C16H14N2O2. The lowest BCUT2D eigenvalue weighted by Crippen LogP contribution is -2.17. The van der Waals surface area contributed by atoms with E-state index in [1.807, 2.05) is 12.1 Å². The molecule has 0 fully saturated rings. The number of rotatable bonds is 4. The highest BCUT2D eigenvalue weighted by molar-refractivity contribution is 5.94. The Morgan fingerprint density at radius 2 is 2.05 bits per heavy atom. The van der Waals surface area contributed by atoms with E-state index in [1.54, 1.807) is 43.4 Å². The molecule has 0 aliphatic carbocycles. The average molecular weight is 266 g/mol. The number of hydrogen-bond donors (Lipinski definition) is 1. The Hall–Kier alpha value is -2.80. The molecule has 0 bridgehead atoms. The average Bonchev–Trinajstić information content (AvgIpc) is 2.52. The molecule has 4 nitrogen and oxygen atoms in total. The minimum Gasteiger partial charge on any atom is -0.489 e. The Morgan fingerprint density at radius 1 is 1.25 bits per heavy atom. The summed E-state index contributed by atoms with van der Waals surface area (Å²) in [6.45, 7) is 0.347. The zero-order chi connectivity index (χ0) is 14.4. The molecule has 0 saturated heterocycles. The van der Waals surface area contributed by atoms with Gasteiger partial charge in [-0.25, -0.2) is 0 Å². The predicted molar refractivity (Wildman–Crippen MR) is 75.3 cm³/mol. The highest BCUT2D eigenvalue weighted by atomic mass is 16.5. The Bertz CT molecular complexity index is 660. The number of amides is 1. The van der Waals surface area contributed by atoms with Crippen molar-refractivity contribution in [2.75, 3.05) is 7.05 Å². The molecule has 2 aromatic carbocycles. The zero-order valence-corrected chi connectivity index (χ0v) is 11.1. The van der Waals surface area contributed by atoms with Crippen molar-refractivity contribution >= 4 is 5.91 Å². The third-order valence-electron chi connectivity index (χ3n) is 2.78. The summed E-state index contributed by atoms with van der Waals surface area (Å²) in [5.74, 6) is 0.507. The van der Waals surface area contributed by atoms with Gasteiger partial charge in [0.15, 0.2) is 0 Å². The van der Waals surface area contributed by atoms with E-state index >= 15 is 0 Å². The van der Waals surface area contributed by atoms with Crippen LogP contribution in [-0.2, 0) is 6.61 Å². The normalized spacial score (nSPS) is 9.60. The van der Waals surface area contributed by atoms with Gasteiger partial charge in [-0.1, -0.05) is 18.2 Å². The lowest BCUT2D eigenvalue weighted by atomic mass is 10.1. The van der Waals surface area contributed by atoms with E-state index in [-0.39, 0.29) is 5.91 Å². The van der Waals surface area contributed by atoms with Crippen molar-refractivity contribution in [1.82, 2.24) is 5.32 Å². The van der Waals surface area contributed by atoms with Crippen LogP contribution in [0.25, 0.3) is 0 Å².